The van der Waals surface area contributed by atoms with Crippen LogP contribution in [0.15, 0.2) is 12.2 Å². The van der Waals surface area contributed by atoms with Gasteiger partial charge in [0.15, 0.2) is 6.10 Å². The Hall–Kier alpha value is -1.29. The molecule has 0 heterocycles. The van der Waals surface area contributed by atoms with E-state index < -0.39 is 51.8 Å². The summed E-state index contributed by atoms with van der Waals surface area (Å²) in [5, 5.41) is 18.3. The predicted molar refractivity (Wildman–Crippen MR) is 233 cm³/mol. The molecule has 3 unspecified atom stereocenters. The Morgan fingerprint density at radius 3 is 1.33 bits per heavy atom. The average Bonchev–Trinajstić information content (AvgIpc) is 3.20. The summed E-state index contributed by atoms with van der Waals surface area (Å²) in [5.41, 5.74) is 0. The van der Waals surface area contributed by atoms with Crippen molar-refractivity contribution in [1.29, 1.82) is 0 Å². The van der Waals surface area contributed by atoms with Crippen LogP contribution in [0.1, 0.15) is 232 Å². The van der Waals surface area contributed by atoms with E-state index in [0.717, 1.165) is 57.8 Å². The Labute approximate surface area is 349 Å². The number of esters is 2. The first-order valence-electron chi connectivity index (χ1n) is 23.6. The van der Waals surface area contributed by atoms with Crippen LogP contribution in [0, 0.1) is 0 Å². The van der Waals surface area contributed by atoms with E-state index in [4.69, 9.17) is 19.1 Å². The van der Waals surface area contributed by atoms with Crippen molar-refractivity contribution in [3.63, 3.8) is 0 Å². The summed E-state index contributed by atoms with van der Waals surface area (Å²) < 4.78 is 32.7. The summed E-state index contributed by atoms with van der Waals surface area (Å²) in [4.78, 5) is 34.9. The Balaban J connectivity index is 4.03. The van der Waals surface area contributed by atoms with Gasteiger partial charge in [-0.25, -0.2) is 4.57 Å². The smallest absolute Gasteiger partial charge is 0.462 e. The fraction of sp³-hybridized carbons (Fsp3) is 0.913. The molecule has 3 atom stereocenters. The lowest BCUT2D eigenvalue weighted by molar-refractivity contribution is -0.161. The van der Waals surface area contributed by atoms with Crippen LogP contribution in [0.25, 0.3) is 0 Å². The van der Waals surface area contributed by atoms with Crippen LogP contribution in [-0.2, 0) is 32.7 Å². The lowest BCUT2D eigenvalue weighted by atomic mass is 10.0. The zero-order valence-electron chi connectivity index (χ0n) is 36.8. The van der Waals surface area contributed by atoms with Gasteiger partial charge in [0.1, 0.15) is 12.7 Å². The number of aliphatic hydroxyl groups is 2. The van der Waals surface area contributed by atoms with Crippen molar-refractivity contribution < 1.29 is 47.8 Å². The van der Waals surface area contributed by atoms with Gasteiger partial charge >= 0.3 is 19.8 Å². The van der Waals surface area contributed by atoms with Crippen molar-refractivity contribution in [2.24, 2.45) is 0 Å². The SMILES string of the molecule is CCC/C=C\CCCCCCCC(=O)OC(COC(=O)CCCCCCCCCCCCCCCCCCCCCCCCCC)COP(=O)(O)OCC(O)CO. The fourth-order valence-corrected chi connectivity index (χ4v) is 7.55. The number of allylic oxidation sites excluding steroid dienone is 2. The highest BCUT2D eigenvalue weighted by Crippen LogP contribution is 2.43. The molecule has 0 aromatic carbocycles. The fourth-order valence-electron chi connectivity index (χ4n) is 6.76. The molecule has 10 nitrogen and oxygen atoms in total. The highest BCUT2D eigenvalue weighted by atomic mass is 31.2. The molecule has 0 amide bonds. The normalized spacial score (nSPS) is 13.8. The van der Waals surface area contributed by atoms with E-state index in [-0.39, 0.29) is 19.4 Å². The van der Waals surface area contributed by atoms with Gasteiger partial charge in [0.05, 0.1) is 19.8 Å². The van der Waals surface area contributed by atoms with Crippen molar-refractivity contribution >= 4 is 19.8 Å². The standard InChI is InChI=1S/C46H89O10P/c1-3-5-7-9-11-13-15-16-17-18-19-20-21-22-23-24-25-26-27-28-30-31-33-35-37-45(49)53-41-44(42-55-57(51,52)54-40-43(48)39-47)56-46(50)38-36-34-32-29-14-12-10-8-6-4-2/h8,10,43-44,47-48H,3-7,9,11-42H2,1-2H3,(H,51,52)/b10-8-. The molecule has 0 fully saturated rings. The number of hydrogen-bond donors (Lipinski definition) is 3. The first-order valence-corrected chi connectivity index (χ1v) is 25.1. The molecular weight excluding hydrogens is 743 g/mol. The molecule has 0 rings (SSSR count). The largest absolute Gasteiger partial charge is 0.472 e. The Bertz CT molecular complexity index is 961. The second-order valence-corrected chi connectivity index (χ2v) is 17.6. The molecule has 0 aliphatic rings. The minimum atomic E-state index is -4.61. The maximum atomic E-state index is 12.6. The Kier molecular flexibility index (Phi) is 41.9. The number of aliphatic hydroxyl groups excluding tert-OH is 2. The molecule has 0 radical (unpaired) electrons. The molecule has 338 valence electrons. The van der Waals surface area contributed by atoms with E-state index in [0.29, 0.717) is 12.8 Å². The maximum absolute atomic E-state index is 12.6. The molecule has 0 aliphatic carbocycles. The van der Waals surface area contributed by atoms with Gasteiger partial charge in [-0.05, 0) is 32.1 Å². The molecule has 3 N–H and O–H groups in total. The highest BCUT2D eigenvalue weighted by molar-refractivity contribution is 7.47. The van der Waals surface area contributed by atoms with Crippen molar-refractivity contribution in [1.82, 2.24) is 0 Å². The lowest BCUT2D eigenvalue weighted by Crippen LogP contribution is -2.29. The minimum Gasteiger partial charge on any atom is -0.462 e. The number of carbonyl (C=O) groups is 2. The van der Waals surface area contributed by atoms with Crippen molar-refractivity contribution in [2.75, 3.05) is 26.4 Å². The summed E-state index contributed by atoms with van der Waals surface area (Å²) in [7, 11) is -4.61. The van der Waals surface area contributed by atoms with Gasteiger partial charge in [-0.2, -0.15) is 0 Å². The maximum Gasteiger partial charge on any atom is 0.472 e. The van der Waals surface area contributed by atoms with Crippen molar-refractivity contribution in [2.45, 2.75) is 244 Å². The van der Waals surface area contributed by atoms with Crippen LogP contribution >= 0.6 is 7.82 Å². The van der Waals surface area contributed by atoms with E-state index in [2.05, 4.69) is 30.5 Å². The molecule has 0 aromatic heterocycles. The molecule has 0 aromatic rings. The molecule has 0 saturated heterocycles. The molecular formula is C46H89O10P. The van der Waals surface area contributed by atoms with Gasteiger partial charge in [0, 0.05) is 12.8 Å². The predicted octanol–water partition coefficient (Wildman–Crippen LogP) is 12.8. The molecule has 57 heavy (non-hydrogen) atoms. The van der Waals surface area contributed by atoms with E-state index in [1.165, 1.54) is 135 Å². The van der Waals surface area contributed by atoms with Gasteiger partial charge in [0.25, 0.3) is 0 Å². The van der Waals surface area contributed by atoms with Crippen LogP contribution in [0.4, 0.5) is 0 Å². The van der Waals surface area contributed by atoms with Gasteiger partial charge in [0.2, 0.25) is 0 Å². The zero-order chi connectivity index (χ0) is 41.9. The van der Waals surface area contributed by atoms with E-state index >= 15 is 0 Å². The van der Waals surface area contributed by atoms with E-state index in [9.17, 15) is 24.2 Å². The van der Waals surface area contributed by atoms with Gasteiger partial charge in [-0.15, -0.1) is 0 Å². The van der Waals surface area contributed by atoms with Crippen molar-refractivity contribution in [3.8, 4) is 0 Å². The average molecular weight is 833 g/mol. The number of phosphoric acid groups is 1. The Morgan fingerprint density at radius 2 is 0.895 bits per heavy atom. The molecule has 0 bridgehead atoms. The van der Waals surface area contributed by atoms with E-state index in [1.807, 2.05) is 0 Å². The van der Waals surface area contributed by atoms with Gasteiger partial charge in [-0.3, -0.25) is 18.6 Å². The topological polar surface area (TPSA) is 149 Å². The minimum absolute atomic E-state index is 0.177. The lowest BCUT2D eigenvalue weighted by Gasteiger charge is -2.20. The van der Waals surface area contributed by atoms with Crippen LogP contribution in [0.2, 0.25) is 0 Å². The van der Waals surface area contributed by atoms with Crippen LogP contribution < -0.4 is 0 Å². The monoisotopic (exact) mass is 833 g/mol. The number of rotatable bonds is 45. The van der Waals surface area contributed by atoms with Gasteiger partial charge in [-0.1, -0.05) is 199 Å². The molecule has 0 spiro atoms. The Morgan fingerprint density at radius 1 is 0.509 bits per heavy atom. The number of phosphoric ester groups is 1. The molecule has 0 aliphatic heterocycles. The highest BCUT2D eigenvalue weighted by Gasteiger charge is 2.27. The first kappa shape index (κ1) is 55.7. The number of unbranched alkanes of at least 4 members (excludes halogenated alkanes) is 29. The third-order valence-electron chi connectivity index (χ3n) is 10.4. The summed E-state index contributed by atoms with van der Waals surface area (Å²) in [5.74, 6) is -0.926. The van der Waals surface area contributed by atoms with E-state index in [1.54, 1.807) is 0 Å². The van der Waals surface area contributed by atoms with Crippen LogP contribution in [-0.4, -0.2) is 65.7 Å². The number of carbonyl (C=O) groups excluding carboxylic acids is 2. The third kappa shape index (κ3) is 42.6. The molecule has 0 saturated carbocycles. The summed E-state index contributed by atoms with van der Waals surface area (Å²) in [6.45, 7) is 2.34. The summed E-state index contributed by atoms with van der Waals surface area (Å²) >= 11 is 0. The van der Waals surface area contributed by atoms with Crippen molar-refractivity contribution in [3.05, 3.63) is 12.2 Å². The summed E-state index contributed by atoms with van der Waals surface area (Å²) in [6.07, 6.45) is 42.1. The number of ether oxygens (including phenoxy) is 2. The quantitative estimate of drug-likeness (QED) is 0.0234. The molecule has 11 heteroatoms. The van der Waals surface area contributed by atoms with Crippen LogP contribution in [0.5, 0.6) is 0 Å². The third-order valence-corrected chi connectivity index (χ3v) is 11.4. The second kappa shape index (κ2) is 42.8. The zero-order valence-corrected chi connectivity index (χ0v) is 37.7. The first-order chi connectivity index (χ1) is 27.7. The summed E-state index contributed by atoms with van der Waals surface area (Å²) in [6, 6.07) is 0. The van der Waals surface area contributed by atoms with Crippen LogP contribution in [0.3, 0.4) is 0 Å². The number of hydrogen-bond acceptors (Lipinski definition) is 9. The van der Waals surface area contributed by atoms with Gasteiger partial charge < -0.3 is 24.6 Å². The second-order valence-electron chi connectivity index (χ2n) is 16.1.